The second kappa shape index (κ2) is 8.57. The van der Waals surface area contributed by atoms with E-state index in [1.165, 1.54) is 23.9 Å². The molecule has 1 N–H and O–H groups in total. The lowest BCUT2D eigenvalue weighted by molar-refractivity contribution is -0.385. The number of nitrogens with zero attached hydrogens (tertiary/aromatic N) is 3. The molecule has 3 aromatic rings. The molecule has 1 aromatic heterocycles. The Balaban J connectivity index is 1.52. The van der Waals surface area contributed by atoms with Gasteiger partial charge in [-0.1, -0.05) is 29.8 Å². The number of aromatic nitrogens is 1. The topological polar surface area (TPSA) is 89.6 Å². The van der Waals surface area contributed by atoms with Crippen molar-refractivity contribution >= 4 is 17.7 Å². The van der Waals surface area contributed by atoms with Gasteiger partial charge in [0.05, 0.1) is 11.1 Å². The van der Waals surface area contributed by atoms with Crippen LogP contribution in [-0.4, -0.2) is 16.1 Å². The molecule has 136 valence electrons. The van der Waals surface area contributed by atoms with Gasteiger partial charge in [0.25, 0.3) is 5.69 Å². The Morgan fingerprint density at radius 1 is 1.19 bits per heavy atom. The van der Waals surface area contributed by atoms with Gasteiger partial charge in [0.2, 0.25) is 0 Å². The smallest absolute Gasteiger partial charge is 0.287 e. The summed E-state index contributed by atoms with van der Waals surface area (Å²) in [6.07, 6.45) is 2.81. The average molecular weight is 362 g/mol. The number of nitro groups is 1. The number of ether oxygens (including phenoxy) is 1. The van der Waals surface area contributed by atoms with Crippen molar-refractivity contribution in [3.63, 3.8) is 0 Å². The highest BCUT2D eigenvalue weighted by atomic mass is 16.6. The lowest BCUT2D eigenvalue weighted by Crippen LogP contribution is -1.96. The van der Waals surface area contributed by atoms with Crippen LogP contribution < -0.4 is 10.2 Å². The van der Waals surface area contributed by atoms with E-state index in [9.17, 15) is 10.1 Å². The molecular weight excluding hydrogens is 344 g/mol. The van der Waals surface area contributed by atoms with Crippen LogP contribution in [-0.2, 0) is 6.61 Å². The Labute approximate surface area is 156 Å². The quantitative estimate of drug-likeness (QED) is 0.384. The normalized spacial score (nSPS) is 10.7. The highest BCUT2D eigenvalue weighted by Crippen LogP contribution is 2.15. The molecule has 0 spiro atoms. The zero-order valence-electron chi connectivity index (χ0n) is 14.7. The Hall–Kier alpha value is -3.74. The molecule has 0 aliphatic carbocycles. The van der Waals surface area contributed by atoms with Gasteiger partial charge in [0.1, 0.15) is 24.4 Å². The molecule has 0 atom stereocenters. The van der Waals surface area contributed by atoms with E-state index in [1.807, 2.05) is 36.4 Å². The summed E-state index contributed by atoms with van der Waals surface area (Å²) in [5.74, 6) is 1.20. The van der Waals surface area contributed by atoms with Crippen LogP contribution in [0.1, 0.15) is 16.7 Å². The summed E-state index contributed by atoms with van der Waals surface area (Å²) >= 11 is 0. The molecule has 1 heterocycles. The standard InChI is InChI=1S/C20H18N4O3/c1-15-3-2-4-17(11-15)14-27-19-8-5-16(6-9-19)12-22-23-20-10-7-18(13-21-20)24(25)26/h2-13H,14H2,1H3,(H,21,23)/b22-12+. The third-order valence-electron chi connectivity index (χ3n) is 3.72. The van der Waals surface area contributed by atoms with Crippen LogP contribution in [0.25, 0.3) is 0 Å². The number of benzene rings is 2. The van der Waals surface area contributed by atoms with E-state index in [0.717, 1.165) is 16.9 Å². The molecule has 0 aliphatic heterocycles. The first kappa shape index (κ1) is 18.1. The lowest BCUT2D eigenvalue weighted by atomic mass is 10.1. The molecule has 27 heavy (non-hydrogen) atoms. The fraction of sp³-hybridized carbons (Fsp3) is 0.100. The second-order valence-electron chi connectivity index (χ2n) is 5.88. The maximum absolute atomic E-state index is 10.6. The van der Waals surface area contributed by atoms with Crippen LogP contribution >= 0.6 is 0 Å². The van der Waals surface area contributed by atoms with Gasteiger partial charge < -0.3 is 4.74 Å². The van der Waals surface area contributed by atoms with Gasteiger partial charge >= 0.3 is 0 Å². The van der Waals surface area contributed by atoms with Crippen LogP contribution in [0.5, 0.6) is 5.75 Å². The maximum atomic E-state index is 10.6. The van der Waals surface area contributed by atoms with Crippen LogP contribution in [0.4, 0.5) is 11.5 Å². The van der Waals surface area contributed by atoms with E-state index in [1.54, 1.807) is 6.21 Å². The Bertz CT molecular complexity index is 938. The summed E-state index contributed by atoms with van der Waals surface area (Å²) in [6, 6.07) is 18.6. The molecule has 2 aromatic carbocycles. The third-order valence-corrected chi connectivity index (χ3v) is 3.72. The molecule has 0 saturated heterocycles. The molecule has 0 fully saturated rings. The Morgan fingerprint density at radius 2 is 2.00 bits per heavy atom. The summed E-state index contributed by atoms with van der Waals surface area (Å²) in [7, 11) is 0. The van der Waals surface area contributed by atoms with Crippen molar-refractivity contribution in [3.05, 3.63) is 93.7 Å². The van der Waals surface area contributed by atoms with Gasteiger partial charge in [0.15, 0.2) is 0 Å². The molecule has 0 amide bonds. The van der Waals surface area contributed by atoms with Crippen molar-refractivity contribution in [2.45, 2.75) is 13.5 Å². The molecule has 0 aliphatic rings. The molecule has 0 radical (unpaired) electrons. The van der Waals surface area contributed by atoms with Crippen molar-refractivity contribution < 1.29 is 9.66 Å². The average Bonchev–Trinajstić information content (AvgIpc) is 2.68. The zero-order chi connectivity index (χ0) is 19.1. The van der Waals surface area contributed by atoms with Crippen LogP contribution in [0.2, 0.25) is 0 Å². The fourth-order valence-electron chi connectivity index (χ4n) is 2.35. The first-order valence-electron chi connectivity index (χ1n) is 8.28. The van der Waals surface area contributed by atoms with Gasteiger partial charge in [-0.15, -0.1) is 0 Å². The Kier molecular flexibility index (Phi) is 5.73. The highest BCUT2D eigenvalue weighted by Gasteiger charge is 2.04. The molecule has 7 heteroatoms. The van der Waals surface area contributed by atoms with Gasteiger partial charge in [-0.2, -0.15) is 5.10 Å². The number of aryl methyl sites for hydroxylation is 1. The minimum atomic E-state index is -0.497. The van der Waals surface area contributed by atoms with Gasteiger partial charge in [0, 0.05) is 6.07 Å². The minimum absolute atomic E-state index is 0.0641. The van der Waals surface area contributed by atoms with E-state index in [2.05, 4.69) is 34.6 Å². The predicted molar refractivity (Wildman–Crippen MR) is 104 cm³/mol. The van der Waals surface area contributed by atoms with Crippen LogP contribution in [0.15, 0.2) is 72.0 Å². The predicted octanol–water partition coefficient (Wildman–Crippen LogP) is 4.32. The first-order valence-corrected chi connectivity index (χ1v) is 8.28. The highest BCUT2D eigenvalue weighted by molar-refractivity contribution is 5.80. The van der Waals surface area contributed by atoms with Crippen molar-refractivity contribution in [2.75, 3.05) is 5.43 Å². The maximum Gasteiger partial charge on any atom is 0.287 e. The van der Waals surface area contributed by atoms with E-state index in [4.69, 9.17) is 4.74 Å². The number of hydrogen-bond donors (Lipinski definition) is 1. The number of rotatable bonds is 7. The summed E-state index contributed by atoms with van der Waals surface area (Å²) < 4.78 is 5.78. The summed E-state index contributed by atoms with van der Waals surface area (Å²) in [6.45, 7) is 2.57. The van der Waals surface area contributed by atoms with E-state index >= 15 is 0 Å². The largest absolute Gasteiger partial charge is 0.489 e. The number of hydrogen-bond acceptors (Lipinski definition) is 6. The SMILES string of the molecule is Cc1cccc(COc2ccc(/C=N/Nc3ccc([N+](=O)[O-])cn3)cc2)c1. The summed E-state index contributed by atoms with van der Waals surface area (Å²) in [5.41, 5.74) is 5.88. The molecule has 0 bridgehead atoms. The zero-order valence-corrected chi connectivity index (χ0v) is 14.7. The van der Waals surface area contributed by atoms with Crippen molar-refractivity contribution in [3.8, 4) is 5.75 Å². The number of pyridine rings is 1. The van der Waals surface area contributed by atoms with Gasteiger partial charge in [-0.3, -0.25) is 15.5 Å². The fourth-order valence-corrected chi connectivity index (χ4v) is 2.35. The van der Waals surface area contributed by atoms with Gasteiger partial charge in [-0.25, -0.2) is 4.98 Å². The summed E-state index contributed by atoms with van der Waals surface area (Å²) in [5, 5.41) is 14.7. The first-order chi connectivity index (χ1) is 13.1. The van der Waals surface area contributed by atoms with Gasteiger partial charge in [-0.05, 0) is 48.4 Å². The molecule has 0 unspecified atom stereocenters. The number of nitrogens with one attached hydrogen (secondary N) is 1. The van der Waals surface area contributed by atoms with Crippen molar-refractivity contribution in [1.29, 1.82) is 0 Å². The van der Waals surface area contributed by atoms with Crippen LogP contribution in [0, 0.1) is 17.0 Å². The van der Waals surface area contributed by atoms with Crippen LogP contribution in [0.3, 0.4) is 0 Å². The van der Waals surface area contributed by atoms with Crippen molar-refractivity contribution in [2.24, 2.45) is 5.10 Å². The van der Waals surface area contributed by atoms with E-state index in [-0.39, 0.29) is 5.69 Å². The minimum Gasteiger partial charge on any atom is -0.489 e. The lowest BCUT2D eigenvalue weighted by Gasteiger charge is -2.07. The Morgan fingerprint density at radius 3 is 2.67 bits per heavy atom. The number of anilines is 1. The monoisotopic (exact) mass is 362 g/mol. The second-order valence-corrected chi connectivity index (χ2v) is 5.88. The molecule has 3 rings (SSSR count). The molecular formula is C20H18N4O3. The third kappa shape index (κ3) is 5.37. The van der Waals surface area contributed by atoms with E-state index in [0.29, 0.717) is 12.4 Å². The molecule has 0 saturated carbocycles. The van der Waals surface area contributed by atoms with Crippen molar-refractivity contribution in [1.82, 2.24) is 4.98 Å². The van der Waals surface area contributed by atoms with E-state index < -0.39 is 4.92 Å². The number of hydrazone groups is 1. The summed E-state index contributed by atoms with van der Waals surface area (Å²) in [4.78, 5) is 14.0. The molecule has 7 nitrogen and oxygen atoms in total.